The van der Waals surface area contributed by atoms with E-state index in [1.807, 2.05) is 50.2 Å². The maximum Gasteiger partial charge on any atom is 0.142 e. The first-order chi connectivity index (χ1) is 12.4. The van der Waals surface area contributed by atoms with E-state index in [1.165, 1.54) is 5.57 Å². The van der Waals surface area contributed by atoms with E-state index in [-0.39, 0.29) is 5.60 Å². The zero-order chi connectivity index (χ0) is 18.7. The number of nitrogens with zero attached hydrogens (tertiary/aromatic N) is 1. The van der Waals surface area contributed by atoms with Crippen LogP contribution in [0.3, 0.4) is 0 Å². The van der Waals surface area contributed by atoms with Crippen molar-refractivity contribution in [3.8, 4) is 11.8 Å². The third-order valence-corrected chi connectivity index (χ3v) is 4.77. The zero-order valence-corrected chi connectivity index (χ0v) is 16.7. The molecule has 3 nitrogen and oxygen atoms in total. The Morgan fingerprint density at radius 1 is 1.27 bits per heavy atom. The predicted molar refractivity (Wildman–Crippen MR) is 110 cm³/mol. The van der Waals surface area contributed by atoms with Crippen LogP contribution in [0.25, 0.3) is 5.57 Å². The number of ether oxygens (including phenoxy) is 1. The first-order valence-corrected chi connectivity index (χ1v) is 9.29. The van der Waals surface area contributed by atoms with Crippen LogP contribution in [-0.2, 0) is 6.42 Å². The summed E-state index contributed by atoms with van der Waals surface area (Å²) in [6.07, 6.45) is 4.45. The molecule has 2 aromatic carbocycles. The lowest BCUT2D eigenvalue weighted by Gasteiger charge is -2.31. The Labute approximate surface area is 163 Å². The smallest absolute Gasteiger partial charge is 0.142 e. The summed E-state index contributed by atoms with van der Waals surface area (Å²) in [6, 6.07) is 16.2. The molecule has 0 spiro atoms. The molecule has 1 heterocycles. The molecule has 0 aliphatic carbocycles. The molecular weight excluding hydrogens is 388 g/mol. The number of hydrogen-bond acceptors (Lipinski definition) is 3. The molecule has 3 rings (SSSR count). The summed E-state index contributed by atoms with van der Waals surface area (Å²) in [5.41, 5.74) is 4.62. The van der Waals surface area contributed by atoms with Crippen LogP contribution in [-0.4, -0.2) is 5.60 Å². The van der Waals surface area contributed by atoms with Gasteiger partial charge >= 0.3 is 0 Å². The summed E-state index contributed by atoms with van der Waals surface area (Å²) in [6.45, 7) is 6.19. The average molecular weight is 409 g/mol. The molecule has 0 aromatic heterocycles. The molecule has 0 radical (unpaired) electrons. The van der Waals surface area contributed by atoms with E-state index in [9.17, 15) is 5.26 Å². The Kier molecular flexibility index (Phi) is 5.20. The van der Waals surface area contributed by atoms with Crippen LogP contribution in [0.5, 0.6) is 5.75 Å². The van der Waals surface area contributed by atoms with Crippen molar-refractivity contribution in [2.45, 2.75) is 32.8 Å². The zero-order valence-electron chi connectivity index (χ0n) is 15.1. The highest BCUT2D eigenvalue weighted by atomic mass is 79.9. The van der Waals surface area contributed by atoms with Crippen LogP contribution >= 0.6 is 15.9 Å². The van der Waals surface area contributed by atoms with Gasteiger partial charge in [0.15, 0.2) is 0 Å². The molecule has 0 amide bonds. The molecule has 0 fully saturated rings. The van der Waals surface area contributed by atoms with Gasteiger partial charge in [-0.2, -0.15) is 5.26 Å². The number of fused-ring (bicyclic) bond motifs is 1. The van der Waals surface area contributed by atoms with Gasteiger partial charge in [-0.25, -0.2) is 0 Å². The minimum absolute atomic E-state index is 0.321. The van der Waals surface area contributed by atoms with E-state index in [4.69, 9.17) is 4.74 Å². The summed E-state index contributed by atoms with van der Waals surface area (Å²) in [5.74, 6) is 0.864. The Balaban J connectivity index is 1.85. The van der Waals surface area contributed by atoms with Gasteiger partial charge in [-0.1, -0.05) is 18.2 Å². The highest BCUT2D eigenvalue weighted by Crippen LogP contribution is 2.41. The summed E-state index contributed by atoms with van der Waals surface area (Å²) in [7, 11) is 0. The third-order valence-electron chi connectivity index (χ3n) is 4.18. The van der Waals surface area contributed by atoms with Crippen LogP contribution in [0.4, 0.5) is 5.69 Å². The van der Waals surface area contributed by atoms with E-state index < -0.39 is 0 Å². The fraction of sp³-hybridized carbons (Fsp3) is 0.227. The van der Waals surface area contributed by atoms with E-state index in [0.717, 1.165) is 27.0 Å². The van der Waals surface area contributed by atoms with Gasteiger partial charge < -0.3 is 10.1 Å². The van der Waals surface area contributed by atoms with Crippen molar-refractivity contribution in [3.05, 3.63) is 75.9 Å². The van der Waals surface area contributed by atoms with Gasteiger partial charge in [0, 0.05) is 29.4 Å². The first-order valence-electron chi connectivity index (χ1n) is 8.50. The fourth-order valence-electron chi connectivity index (χ4n) is 3.09. The molecule has 2 aromatic rings. The molecule has 4 heteroatoms. The van der Waals surface area contributed by atoms with Crippen molar-refractivity contribution in [2.24, 2.45) is 0 Å². The van der Waals surface area contributed by atoms with Gasteiger partial charge in [-0.05, 0) is 78.2 Å². The second kappa shape index (κ2) is 7.39. The number of hydrogen-bond donors (Lipinski definition) is 1. The Hall–Kier alpha value is -2.51. The van der Waals surface area contributed by atoms with Crippen molar-refractivity contribution < 1.29 is 4.74 Å². The van der Waals surface area contributed by atoms with Crippen molar-refractivity contribution in [1.82, 2.24) is 0 Å². The van der Waals surface area contributed by atoms with Gasteiger partial charge in [0.1, 0.15) is 11.4 Å². The minimum atomic E-state index is -0.321. The van der Waals surface area contributed by atoms with Crippen LogP contribution in [0.15, 0.2) is 64.8 Å². The van der Waals surface area contributed by atoms with E-state index in [2.05, 4.69) is 46.4 Å². The number of anilines is 1. The highest BCUT2D eigenvalue weighted by Gasteiger charge is 2.26. The summed E-state index contributed by atoms with van der Waals surface area (Å²) < 4.78 is 7.01. The van der Waals surface area contributed by atoms with E-state index >= 15 is 0 Å². The number of allylic oxidation sites excluding steroid dienone is 2. The van der Waals surface area contributed by atoms with Crippen LogP contribution in [0.1, 0.15) is 31.9 Å². The number of nitriles is 1. The van der Waals surface area contributed by atoms with Crippen LogP contribution in [0, 0.1) is 11.3 Å². The molecule has 1 aliphatic rings. The van der Waals surface area contributed by atoms with Gasteiger partial charge in [0.2, 0.25) is 0 Å². The Morgan fingerprint density at radius 3 is 2.69 bits per heavy atom. The quantitative estimate of drug-likeness (QED) is 0.622. The minimum Gasteiger partial charge on any atom is -0.482 e. The standard InChI is InChI=1S/C22H21BrN2O/c1-15-12-22(2,3)26-21-19(15)10-16(11-20(21)23)9-17(13-24)14-25-18-7-5-4-6-8-18/h4-8,10-12,14,25H,9H2,1-3H3. The second-order valence-corrected chi connectivity index (χ2v) is 7.81. The third kappa shape index (κ3) is 4.17. The number of nitrogens with one attached hydrogen (secondary N) is 1. The van der Waals surface area contributed by atoms with Crippen molar-refractivity contribution in [3.63, 3.8) is 0 Å². The first kappa shape index (κ1) is 18.3. The van der Waals surface area contributed by atoms with Crippen LogP contribution < -0.4 is 10.1 Å². The van der Waals surface area contributed by atoms with E-state index in [0.29, 0.717) is 12.0 Å². The van der Waals surface area contributed by atoms with Crippen molar-refractivity contribution in [2.75, 3.05) is 5.32 Å². The summed E-state index contributed by atoms with van der Waals surface area (Å²) >= 11 is 3.63. The molecule has 0 saturated heterocycles. The molecule has 0 bridgehead atoms. The normalized spacial score (nSPS) is 15.3. The van der Waals surface area contributed by atoms with Gasteiger partial charge in [0.05, 0.1) is 10.5 Å². The molecule has 0 unspecified atom stereocenters. The second-order valence-electron chi connectivity index (χ2n) is 6.96. The number of benzene rings is 2. The highest BCUT2D eigenvalue weighted by molar-refractivity contribution is 9.10. The number of para-hydroxylation sites is 1. The molecule has 1 aliphatic heterocycles. The molecule has 0 saturated carbocycles. The average Bonchev–Trinajstić information content (AvgIpc) is 2.60. The topological polar surface area (TPSA) is 45.0 Å². The van der Waals surface area contributed by atoms with Crippen LogP contribution in [0.2, 0.25) is 0 Å². The predicted octanol–water partition coefficient (Wildman–Crippen LogP) is 6.09. The van der Waals surface area contributed by atoms with Gasteiger partial charge in [-0.15, -0.1) is 0 Å². The number of halogens is 1. The molecular formula is C22H21BrN2O. The Morgan fingerprint density at radius 2 is 2.00 bits per heavy atom. The largest absolute Gasteiger partial charge is 0.482 e. The maximum atomic E-state index is 9.49. The molecule has 132 valence electrons. The molecule has 26 heavy (non-hydrogen) atoms. The van der Waals surface area contributed by atoms with Gasteiger partial charge in [-0.3, -0.25) is 0 Å². The van der Waals surface area contributed by atoms with E-state index in [1.54, 1.807) is 6.20 Å². The number of rotatable bonds is 4. The Bertz CT molecular complexity index is 921. The lowest BCUT2D eigenvalue weighted by Crippen LogP contribution is -2.29. The SMILES string of the molecule is CC1=CC(C)(C)Oc2c(Br)cc(CC(C#N)=CNc3ccccc3)cc21. The summed E-state index contributed by atoms with van der Waals surface area (Å²) in [5, 5.41) is 12.7. The fourth-order valence-corrected chi connectivity index (χ4v) is 3.68. The van der Waals surface area contributed by atoms with Gasteiger partial charge in [0.25, 0.3) is 0 Å². The maximum absolute atomic E-state index is 9.49. The molecule has 0 atom stereocenters. The van der Waals surface area contributed by atoms with Crippen molar-refractivity contribution >= 4 is 27.2 Å². The lowest BCUT2D eigenvalue weighted by atomic mass is 9.93. The summed E-state index contributed by atoms with van der Waals surface area (Å²) in [4.78, 5) is 0. The molecule has 1 N–H and O–H groups in total. The lowest BCUT2D eigenvalue weighted by molar-refractivity contribution is 0.156. The van der Waals surface area contributed by atoms with Crippen molar-refractivity contribution in [1.29, 1.82) is 5.26 Å². The monoisotopic (exact) mass is 408 g/mol.